The Hall–Kier alpha value is -1.56. The fourth-order valence-corrected chi connectivity index (χ4v) is 3.45. The average molecular weight is 314 g/mol. The number of aromatic carboxylic acids is 1. The highest BCUT2D eigenvalue weighted by Gasteiger charge is 2.19. The Morgan fingerprint density at radius 3 is 2.43 bits per heavy atom. The van der Waals surface area contributed by atoms with Crippen molar-refractivity contribution in [2.75, 3.05) is 12.9 Å². The number of ether oxygens (including phenoxy) is 1. The van der Waals surface area contributed by atoms with Crippen molar-refractivity contribution in [1.82, 2.24) is 0 Å². The van der Waals surface area contributed by atoms with Crippen molar-refractivity contribution in [3.63, 3.8) is 0 Å². The number of sulfone groups is 1. The van der Waals surface area contributed by atoms with E-state index >= 15 is 0 Å². The molecule has 0 atom stereocenters. The van der Waals surface area contributed by atoms with E-state index in [-0.39, 0.29) is 22.0 Å². The lowest BCUT2D eigenvalue weighted by Gasteiger charge is -2.08. The van der Waals surface area contributed by atoms with E-state index in [9.17, 15) is 13.2 Å². The summed E-state index contributed by atoms with van der Waals surface area (Å²) >= 11 is 0. The number of rotatable bonds is 9. The molecule has 1 rings (SSSR count). The molecule has 0 radical (unpaired) electrons. The first kappa shape index (κ1) is 17.5. The Morgan fingerprint density at radius 2 is 1.86 bits per heavy atom. The Labute approximate surface area is 125 Å². The topological polar surface area (TPSA) is 80.7 Å². The molecule has 6 heteroatoms. The normalized spacial score (nSPS) is 11.3. The van der Waals surface area contributed by atoms with E-state index in [4.69, 9.17) is 9.84 Å². The predicted molar refractivity (Wildman–Crippen MR) is 80.8 cm³/mol. The van der Waals surface area contributed by atoms with Crippen molar-refractivity contribution in [3.8, 4) is 5.75 Å². The molecule has 0 fully saturated rings. The van der Waals surface area contributed by atoms with Gasteiger partial charge in [0.25, 0.3) is 0 Å². The van der Waals surface area contributed by atoms with E-state index in [1.165, 1.54) is 25.3 Å². The van der Waals surface area contributed by atoms with Crippen molar-refractivity contribution in [3.05, 3.63) is 23.8 Å². The minimum atomic E-state index is -3.45. The summed E-state index contributed by atoms with van der Waals surface area (Å²) in [6.45, 7) is 2.10. The number of carbonyl (C=O) groups is 1. The molecule has 0 bridgehead atoms. The number of hydrogen-bond donors (Lipinski definition) is 1. The summed E-state index contributed by atoms with van der Waals surface area (Å²) < 4.78 is 29.3. The monoisotopic (exact) mass is 314 g/mol. The van der Waals surface area contributed by atoms with E-state index in [0.29, 0.717) is 6.42 Å². The van der Waals surface area contributed by atoms with Gasteiger partial charge in [0, 0.05) is 0 Å². The molecular weight excluding hydrogens is 292 g/mol. The zero-order valence-corrected chi connectivity index (χ0v) is 13.3. The molecule has 0 spiro atoms. The third-order valence-corrected chi connectivity index (χ3v) is 5.08. The van der Waals surface area contributed by atoms with E-state index in [0.717, 1.165) is 25.7 Å². The third-order valence-electron chi connectivity index (χ3n) is 3.28. The Bertz CT molecular complexity index is 578. The van der Waals surface area contributed by atoms with Crippen molar-refractivity contribution in [1.29, 1.82) is 0 Å². The number of hydrogen-bond acceptors (Lipinski definition) is 4. The number of unbranched alkanes of at least 4 members (excludes halogenated alkanes) is 4. The van der Waals surface area contributed by atoms with Crippen LogP contribution in [0, 0.1) is 0 Å². The molecule has 118 valence electrons. The van der Waals surface area contributed by atoms with Crippen LogP contribution in [0.25, 0.3) is 0 Å². The second-order valence-corrected chi connectivity index (χ2v) is 7.01. The Balaban J connectivity index is 2.83. The van der Waals surface area contributed by atoms with E-state index in [2.05, 4.69) is 6.92 Å². The quantitative estimate of drug-likeness (QED) is 0.708. The maximum Gasteiger partial charge on any atom is 0.339 e. The van der Waals surface area contributed by atoms with Crippen LogP contribution in [-0.4, -0.2) is 32.4 Å². The predicted octanol–water partition coefficient (Wildman–Crippen LogP) is 3.14. The van der Waals surface area contributed by atoms with Gasteiger partial charge >= 0.3 is 5.97 Å². The van der Waals surface area contributed by atoms with Crippen LogP contribution in [0.15, 0.2) is 23.1 Å². The van der Waals surface area contributed by atoms with Gasteiger partial charge in [0.05, 0.1) is 17.8 Å². The number of benzene rings is 1. The molecule has 0 aromatic heterocycles. The maximum absolute atomic E-state index is 12.2. The Morgan fingerprint density at radius 1 is 1.19 bits per heavy atom. The molecule has 5 nitrogen and oxygen atoms in total. The largest absolute Gasteiger partial charge is 0.496 e. The SMILES string of the molecule is CCCCCCCS(=O)(=O)c1ccc(OC)c(C(=O)O)c1. The van der Waals surface area contributed by atoms with Gasteiger partial charge in [0.2, 0.25) is 0 Å². The van der Waals surface area contributed by atoms with E-state index in [1.54, 1.807) is 0 Å². The molecule has 0 aliphatic rings. The summed E-state index contributed by atoms with van der Waals surface area (Å²) in [6.07, 6.45) is 4.69. The number of methoxy groups -OCH3 is 1. The first-order valence-electron chi connectivity index (χ1n) is 7.06. The van der Waals surface area contributed by atoms with Gasteiger partial charge in [-0.15, -0.1) is 0 Å². The van der Waals surface area contributed by atoms with Gasteiger partial charge in [-0.05, 0) is 24.6 Å². The zero-order chi connectivity index (χ0) is 15.9. The van der Waals surface area contributed by atoms with Crippen molar-refractivity contribution in [2.45, 2.75) is 43.9 Å². The van der Waals surface area contributed by atoms with Crippen molar-refractivity contribution >= 4 is 15.8 Å². The lowest BCUT2D eigenvalue weighted by Crippen LogP contribution is -2.09. The Kier molecular flexibility index (Phi) is 6.68. The highest BCUT2D eigenvalue weighted by Crippen LogP contribution is 2.23. The van der Waals surface area contributed by atoms with Crippen molar-refractivity contribution in [2.24, 2.45) is 0 Å². The zero-order valence-electron chi connectivity index (χ0n) is 12.5. The molecule has 1 aromatic rings. The van der Waals surface area contributed by atoms with Gasteiger partial charge in [-0.1, -0.05) is 32.6 Å². The summed E-state index contributed by atoms with van der Waals surface area (Å²) in [5.74, 6) is -1.00. The van der Waals surface area contributed by atoms with Crippen LogP contribution in [0.3, 0.4) is 0 Å². The van der Waals surface area contributed by atoms with E-state index < -0.39 is 15.8 Å². The first-order chi connectivity index (χ1) is 9.92. The molecule has 1 N–H and O–H groups in total. The molecule has 0 heterocycles. The minimum Gasteiger partial charge on any atom is -0.496 e. The standard InChI is InChI=1S/C15H22O5S/c1-3-4-5-6-7-10-21(18,19)12-8-9-14(20-2)13(11-12)15(16)17/h8-9,11H,3-7,10H2,1-2H3,(H,16,17). The lowest BCUT2D eigenvalue weighted by atomic mass is 10.2. The second-order valence-electron chi connectivity index (χ2n) is 4.90. The maximum atomic E-state index is 12.2. The number of carboxylic acid groups (broad SMARTS) is 1. The third kappa shape index (κ3) is 5.04. The first-order valence-corrected chi connectivity index (χ1v) is 8.71. The summed E-state index contributed by atoms with van der Waals surface area (Å²) in [5.41, 5.74) is -0.135. The van der Waals surface area contributed by atoms with Crippen LogP contribution < -0.4 is 4.74 Å². The van der Waals surface area contributed by atoms with Gasteiger partial charge in [-0.2, -0.15) is 0 Å². The molecular formula is C15H22O5S. The molecule has 1 aromatic carbocycles. The summed E-state index contributed by atoms with van der Waals surface area (Å²) in [4.78, 5) is 11.2. The van der Waals surface area contributed by atoms with Gasteiger partial charge in [-0.3, -0.25) is 0 Å². The van der Waals surface area contributed by atoms with Crippen LogP contribution in [0.2, 0.25) is 0 Å². The molecule has 0 aliphatic carbocycles. The van der Waals surface area contributed by atoms with Gasteiger partial charge in [-0.25, -0.2) is 13.2 Å². The molecule has 0 saturated heterocycles. The molecule has 0 amide bonds. The molecule has 0 unspecified atom stereocenters. The molecule has 0 aliphatic heterocycles. The van der Waals surface area contributed by atoms with Crippen LogP contribution in [0.4, 0.5) is 0 Å². The minimum absolute atomic E-state index is 0.0381. The van der Waals surface area contributed by atoms with Crippen molar-refractivity contribution < 1.29 is 23.1 Å². The van der Waals surface area contributed by atoms with Gasteiger partial charge < -0.3 is 9.84 Å². The summed E-state index contributed by atoms with van der Waals surface area (Å²) in [7, 11) is -2.10. The summed E-state index contributed by atoms with van der Waals surface area (Å²) in [5, 5.41) is 9.09. The highest BCUT2D eigenvalue weighted by molar-refractivity contribution is 7.91. The van der Waals surface area contributed by atoms with Crippen LogP contribution >= 0.6 is 0 Å². The van der Waals surface area contributed by atoms with Crippen LogP contribution in [0.5, 0.6) is 5.75 Å². The lowest BCUT2D eigenvalue weighted by molar-refractivity contribution is 0.0693. The van der Waals surface area contributed by atoms with Crippen LogP contribution in [-0.2, 0) is 9.84 Å². The fourth-order valence-electron chi connectivity index (χ4n) is 2.06. The highest BCUT2D eigenvalue weighted by atomic mass is 32.2. The van der Waals surface area contributed by atoms with Gasteiger partial charge in [0.15, 0.2) is 9.84 Å². The smallest absolute Gasteiger partial charge is 0.339 e. The average Bonchev–Trinajstić information content (AvgIpc) is 2.46. The van der Waals surface area contributed by atoms with E-state index in [1.807, 2.05) is 0 Å². The molecule has 21 heavy (non-hydrogen) atoms. The second kappa shape index (κ2) is 8.02. The van der Waals surface area contributed by atoms with Crippen LogP contribution in [0.1, 0.15) is 49.4 Å². The molecule has 0 saturated carbocycles. The number of carboxylic acids is 1. The van der Waals surface area contributed by atoms with Gasteiger partial charge in [0.1, 0.15) is 11.3 Å². The fraction of sp³-hybridized carbons (Fsp3) is 0.533. The summed E-state index contributed by atoms with van der Waals surface area (Å²) in [6, 6.07) is 3.95.